The van der Waals surface area contributed by atoms with E-state index in [1.165, 1.54) is 19.2 Å². The van der Waals surface area contributed by atoms with E-state index in [0.717, 1.165) is 49.4 Å². The average molecular weight is 467 g/mol. The Hall–Kier alpha value is -3.33. The van der Waals surface area contributed by atoms with Crippen LogP contribution in [0.15, 0.2) is 36.5 Å². The zero-order chi connectivity index (χ0) is 23.9. The number of aromatic nitrogens is 3. The van der Waals surface area contributed by atoms with Gasteiger partial charge < -0.3 is 25.1 Å². The summed E-state index contributed by atoms with van der Waals surface area (Å²) in [6.07, 6.45) is 7.44. The van der Waals surface area contributed by atoms with E-state index in [1.54, 1.807) is 6.07 Å². The van der Waals surface area contributed by atoms with Crippen LogP contribution in [0.3, 0.4) is 0 Å². The lowest BCUT2D eigenvalue weighted by Gasteiger charge is -2.33. The number of rotatable bonds is 7. The molecule has 2 aromatic heterocycles. The van der Waals surface area contributed by atoms with E-state index in [2.05, 4.69) is 5.32 Å². The lowest BCUT2D eigenvalue weighted by molar-refractivity contribution is -0.614. The van der Waals surface area contributed by atoms with Gasteiger partial charge in [-0.15, -0.1) is 4.73 Å². The van der Waals surface area contributed by atoms with Gasteiger partial charge in [0.2, 0.25) is 0 Å². The minimum Gasteiger partial charge on any atom is -0.615 e. The van der Waals surface area contributed by atoms with Gasteiger partial charge in [-0.25, -0.2) is 0 Å². The molecule has 3 aromatic rings. The van der Waals surface area contributed by atoms with Crippen LogP contribution in [0.2, 0.25) is 0 Å². The van der Waals surface area contributed by atoms with Crippen LogP contribution in [0, 0.1) is 11.1 Å². The third kappa shape index (κ3) is 4.65. The molecule has 0 spiro atoms. The molecular formula is C25H30N4O5. The zero-order valence-electron chi connectivity index (χ0n) is 19.5. The van der Waals surface area contributed by atoms with E-state index in [-0.39, 0.29) is 17.6 Å². The summed E-state index contributed by atoms with van der Waals surface area (Å²) >= 11 is 0. The predicted molar refractivity (Wildman–Crippen MR) is 126 cm³/mol. The first-order valence-electron chi connectivity index (χ1n) is 11.8. The number of hydrogen-bond donors (Lipinski definition) is 2. The molecule has 2 heterocycles. The molecule has 180 valence electrons. The van der Waals surface area contributed by atoms with Crippen molar-refractivity contribution in [1.29, 1.82) is 0 Å². The topological polar surface area (TPSA) is 113 Å². The summed E-state index contributed by atoms with van der Waals surface area (Å²) in [6, 6.07) is 8.45. The highest BCUT2D eigenvalue weighted by Gasteiger charge is 2.30. The fourth-order valence-corrected chi connectivity index (χ4v) is 4.44. The van der Waals surface area contributed by atoms with E-state index in [0.29, 0.717) is 28.7 Å². The van der Waals surface area contributed by atoms with Crippen LogP contribution in [-0.4, -0.2) is 40.1 Å². The standard InChI is InChI=1S/C25H30N4O5/c1-25(31)10-8-18(9-11-25)28-14-17-12-20(22(13-19(17)27-28)34-15-16-6-7-16)26-24(30)21-4-3-5-23(33-2)29(21)32/h3-5,12-14,16,18,31H,6-11,15H2,1-2H3,(H,26,30). The third-order valence-corrected chi connectivity index (χ3v) is 6.80. The number of pyridine rings is 1. The van der Waals surface area contributed by atoms with Gasteiger partial charge in [-0.3, -0.25) is 9.48 Å². The highest BCUT2D eigenvalue weighted by Crippen LogP contribution is 2.37. The summed E-state index contributed by atoms with van der Waals surface area (Å²) < 4.78 is 13.5. The van der Waals surface area contributed by atoms with Crippen LogP contribution in [-0.2, 0) is 0 Å². The van der Waals surface area contributed by atoms with Crippen molar-refractivity contribution in [3.63, 3.8) is 0 Å². The van der Waals surface area contributed by atoms with E-state index >= 15 is 0 Å². The van der Waals surface area contributed by atoms with Gasteiger partial charge in [0.1, 0.15) is 5.75 Å². The smallest absolute Gasteiger partial charge is 0.379 e. The number of anilines is 1. The zero-order valence-corrected chi connectivity index (χ0v) is 19.5. The molecule has 0 saturated heterocycles. The number of carbonyl (C=O) groups excluding carboxylic acids is 1. The minimum absolute atomic E-state index is 0.0426. The first kappa shape index (κ1) is 22.5. The van der Waals surface area contributed by atoms with E-state index in [4.69, 9.17) is 14.6 Å². The Balaban J connectivity index is 1.44. The number of hydrogen-bond acceptors (Lipinski definition) is 6. The Morgan fingerprint density at radius 1 is 1.29 bits per heavy atom. The molecule has 0 bridgehead atoms. The van der Waals surface area contributed by atoms with Gasteiger partial charge in [0, 0.05) is 23.7 Å². The van der Waals surface area contributed by atoms with Crippen molar-refractivity contribution in [2.24, 2.45) is 5.92 Å². The van der Waals surface area contributed by atoms with Crippen LogP contribution in [0.1, 0.15) is 62.0 Å². The normalized spacial score (nSPS) is 22.5. The molecule has 0 radical (unpaired) electrons. The first-order chi connectivity index (χ1) is 16.3. The van der Waals surface area contributed by atoms with Crippen molar-refractivity contribution < 1.29 is 24.1 Å². The molecule has 2 saturated carbocycles. The predicted octanol–water partition coefficient (Wildman–Crippen LogP) is 3.59. The molecule has 2 N–H and O–H groups in total. The Kier molecular flexibility index (Phi) is 5.81. The molecule has 9 nitrogen and oxygen atoms in total. The second-order valence-corrected chi connectivity index (χ2v) is 9.70. The fraction of sp³-hybridized carbons (Fsp3) is 0.480. The Labute approximate surface area is 197 Å². The van der Waals surface area contributed by atoms with Crippen molar-refractivity contribution >= 4 is 22.5 Å². The molecular weight excluding hydrogens is 436 g/mol. The largest absolute Gasteiger partial charge is 0.615 e. The van der Waals surface area contributed by atoms with Crippen LogP contribution in [0.5, 0.6) is 11.6 Å². The number of amides is 1. The number of methoxy groups -OCH3 is 1. The van der Waals surface area contributed by atoms with Crippen molar-refractivity contribution in [3.8, 4) is 11.6 Å². The molecule has 5 rings (SSSR count). The number of nitrogens with one attached hydrogen (secondary N) is 1. The van der Waals surface area contributed by atoms with Gasteiger partial charge in [0.15, 0.2) is 0 Å². The number of aliphatic hydroxyl groups is 1. The quantitative estimate of drug-likeness (QED) is 0.407. The summed E-state index contributed by atoms with van der Waals surface area (Å²) in [5.74, 6) is 0.561. The van der Waals surface area contributed by atoms with Crippen LogP contribution >= 0.6 is 0 Å². The summed E-state index contributed by atoms with van der Waals surface area (Å²) in [5, 5.41) is 31.2. The Morgan fingerprint density at radius 2 is 2.06 bits per heavy atom. The van der Waals surface area contributed by atoms with Gasteiger partial charge in [-0.1, -0.05) is 0 Å². The maximum atomic E-state index is 13.0. The molecule has 0 aliphatic heterocycles. The van der Waals surface area contributed by atoms with E-state index in [1.807, 2.05) is 29.9 Å². The van der Waals surface area contributed by atoms with Crippen LogP contribution < -0.4 is 19.5 Å². The number of ether oxygens (including phenoxy) is 2. The van der Waals surface area contributed by atoms with Crippen molar-refractivity contribution in [3.05, 3.63) is 47.4 Å². The fourth-order valence-electron chi connectivity index (χ4n) is 4.44. The molecule has 9 heteroatoms. The molecule has 1 amide bonds. The number of nitrogens with zero attached hydrogens (tertiary/aromatic N) is 3. The number of fused-ring (bicyclic) bond motifs is 1. The Bertz CT molecular complexity index is 1210. The maximum absolute atomic E-state index is 13.0. The Morgan fingerprint density at radius 3 is 2.76 bits per heavy atom. The van der Waals surface area contributed by atoms with Crippen LogP contribution in [0.25, 0.3) is 10.9 Å². The van der Waals surface area contributed by atoms with Crippen LogP contribution in [0.4, 0.5) is 5.69 Å². The highest BCUT2D eigenvalue weighted by molar-refractivity contribution is 6.04. The molecule has 1 aromatic carbocycles. The molecule has 2 fully saturated rings. The van der Waals surface area contributed by atoms with E-state index < -0.39 is 11.5 Å². The van der Waals surface area contributed by atoms with Crippen molar-refractivity contribution in [1.82, 2.24) is 9.78 Å². The van der Waals surface area contributed by atoms with Crippen molar-refractivity contribution in [2.45, 2.75) is 57.1 Å². The number of benzene rings is 1. The van der Waals surface area contributed by atoms with Gasteiger partial charge in [0.05, 0.1) is 42.6 Å². The molecule has 2 aliphatic carbocycles. The molecule has 34 heavy (non-hydrogen) atoms. The average Bonchev–Trinajstić information content (AvgIpc) is 3.55. The summed E-state index contributed by atoms with van der Waals surface area (Å²) in [5.41, 5.74) is 0.592. The summed E-state index contributed by atoms with van der Waals surface area (Å²) in [7, 11) is 1.38. The van der Waals surface area contributed by atoms with Gasteiger partial charge >= 0.3 is 11.8 Å². The minimum atomic E-state index is -0.608. The third-order valence-electron chi connectivity index (χ3n) is 6.80. The molecule has 0 atom stereocenters. The second-order valence-electron chi connectivity index (χ2n) is 9.70. The number of carbonyl (C=O) groups is 1. The maximum Gasteiger partial charge on any atom is 0.379 e. The lowest BCUT2D eigenvalue weighted by Crippen LogP contribution is -2.38. The van der Waals surface area contributed by atoms with E-state index in [9.17, 15) is 15.1 Å². The van der Waals surface area contributed by atoms with Gasteiger partial charge in [-0.05, 0) is 63.5 Å². The molecule has 2 aliphatic rings. The summed E-state index contributed by atoms with van der Waals surface area (Å²) in [4.78, 5) is 13.0. The first-order valence-corrected chi connectivity index (χ1v) is 11.8. The monoisotopic (exact) mass is 466 g/mol. The highest BCUT2D eigenvalue weighted by atomic mass is 16.5. The van der Waals surface area contributed by atoms with Gasteiger partial charge in [0.25, 0.3) is 5.69 Å². The van der Waals surface area contributed by atoms with Crippen molar-refractivity contribution in [2.75, 3.05) is 19.0 Å². The second kappa shape index (κ2) is 8.79. The SMILES string of the molecule is COc1cccc(C(=O)Nc2cc3cn(C4CCC(C)(O)CC4)nc3cc2OCC2CC2)[n+]1[O-]. The summed E-state index contributed by atoms with van der Waals surface area (Å²) in [6.45, 7) is 2.46. The van der Waals surface area contributed by atoms with Gasteiger partial charge in [-0.2, -0.15) is 5.10 Å². The molecule has 0 unspecified atom stereocenters. The lowest BCUT2D eigenvalue weighted by atomic mass is 9.84.